The van der Waals surface area contributed by atoms with E-state index in [0.717, 1.165) is 33.9 Å². The Morgan fingerprint density at radius 1 is 0.235 bits per heavy atom. The van der Waals surface area contributed by atoms with Gasteiger partial charge in [0, 0.05) is 33.5 Å². The van der Waals surface area contributed by atoms with Crippen LogP contribution in [0.4, 0.5) is 17.1 Å². The Labute approximate surface area is 395 Å². The van der Waals surface area contributed by atoms with Gasteiger partial charge in [0.05, 0.1) is 11.0 Å². The summed E-state index contributed by atoms with van der Waals surface area (Å²) in [6.07, 6.45) is 0. The molecular weight excluding hydrogens is 821 g/mol. The van der Waals surface area contributed by atoms with E-state index in [-0.39, 0.29) is 0 Å². The van der Waals surface area contributed by atoms with Gasteiger partial charge in [-0.25, -0.2) is 0 Å². The van der Waals surface area contributed by atoms with Gasteiger partial charge < -0.3 is 9.47 Å². The Bertz CT molecular complexity index is 3840. The predicted octanol–water partition coefficient (Wildman–Crippen LogP) is 18.4. The maximum absolute atomic E-state index is 2.41. The molecule has 0 aliphatic carbocycles. The third kappa shape index (κ3) is 6.82. The van der Waals surface area contributed by atoms with Crippen LogP contribution in [0.25, 0.3) is 104 Å². The van der Waals surface area contributed by atoms with Crippen LogP contribution in [0.2, 0.25) is 0 Å². The molecule has 0 radical (unpaired) electrons. The van der Waals surface area contributed by atoms with E-state index < -0.39 is 0 Å². The van der Waals surface area contributed by atoms with Crippen LogP contribution in [0.15, 0.2) is 267 Å². The van der Waals surface area contributed by atoms with Crippen molar-refractivity contribution in [2.24, 2.45) is 0 Å². The summed E-state index contributed by atoms with van der Waals surface area (Å²) in [6.45, 7) is 0. The molecule has 2 nitrogen and oxygen atoms in total. The fraction of sp³-hybridized carbons (Fsp3) is 0. The summed E-state index contributed by atoms with van der Waals surface area (Å²) in [6, 6.07) is 97.7. The van der Waals surface area contributed by atoms with Crippen LogP contribution in [-0.2, 0) is 0 Å². The minimum absolute atomic E-state index is 1.08. The van der Waals surface area contributed by atoms with Crippen LogP contribution in [0, 0.1) is 0 Å². The minimum atomic E-state index is 1.08. The lowest BCUT2D eigenvalue weighted by atomic mass is 9.92. The van der Waals surface area contributed by atoms with Crippen molar-refractivity contribution in [3.63, 3.8) is 0 Å². The van der Waals surface area contributed by atoms with Crippen LogP contribution < -0.4 is 4.90 Å². The molecule has 0 fully saturated rings. The number of nitrogens with zero attached hydrogens (tertiary/aromatic N) is 2. The number of aromatic nitrogens is 1. The standard InChI is InChI=1S/C66H44N2/c1-2-17-50-42-52(31-30-45(50)14-1)64-44-56(40-41-61(64)51-20-11-21-55(43-51)68-65-28-9-7-24-62(65)63-25-8-10-29-66(63)68)67(53-36-32-48(33-37-53)59-26-12-18-46-15-3-5-22-57(46)59)54-38-34-49(35-39-54)60-27-13-19-47-16-4-6-23-58(47)60/h1-44H. The fourth-order valence-electron chi connectivity index (χ4n) is 10.5. The second kappa shape index (κ2) is 16.5. The summed E-state index contributed by atoms with van der Waals surface area (Å²) in [4.78, 5) is 2.41. The topological polar surface area (TPSA) is 8.17 Å². The average Bonchev–Trinajstić information content (AvgIpc) is 3.75. The van der Waals surface area contributed by atoms with Gasteiger partial charge in [0.25, 0.3) is 0 Å². The lowest BCUT2D eigenvalue weighted by Gasteiger charge is -2.27. The molecule has 0 amide bonds. The summed E-state index contributed by atoms with van der Waals surface area (Å²) in [5.74, 6) is 0. The highest BCUT2D eigenvalue weighted by Crippen LogP contribution is 2.44. The molecule has 0 saturated carbocycles. The van der Waals surface area contributed by atoms with E-state index in [1.54, 1.807) is 0 Å². The van der Waals surface area contributed by atoms with Gasteiger partial charge >= 0.3 is 0 Å². The van der Waals surface area contributed by atoms with Crippen molar-refractivity contribution < 1.29 is 0 Å². The Morgan fingerprint density at radius 3 is 1.29 bits per heavy atom. The monoisotopic (exact) mass is 864 g/mol. The Kier molecular flexibility index (Phi) is 9.54. The first-order chi connectivity index (χ1) is 33.7. The largest absolute Gasteiger partial charge is 0.310 e. The van der Waals surface area contributed by atoms with Gasteiger partial charge in [-0.15, -0.1) is 0 Å². The van der Waals surface area contributed by atoms with E-state index in [9.17, 15) is 0 Å². The lowest BCUT2D eigenvalue weighted by molar-refractivity contribution is 1.18. The number of hydrogen-bond acceptors (Lipinski definition) is 1. The number of anilines is 3. The second-order valence-corrected chi connectivity index (χ2v) is 17.7. The molecule has 0 spiro atoms. The number of fused-ring (bicyclic) bond motifs is 6. The molecule has 1 aromatic heterocycles. The van der Waals surface area contributed by atoms with Crippen LogP contribution in [0.3, 0.4) is 0 Å². The van der Waals surface area contributed by atoms with Gasteiger partial charge in [-0.1, -0.05) is 200 Å². The molecular formula is C66H44N2. The van der Waals surface area contributed by atoms with E-state index in [1.165, 1.54) is 87.5 Å². The number of rotatable bonds is 8. The zero-order valence-corrected chi connectivity index (χ0v) is 37.3. The van der Waals surface area contributed by atoms with E-state index >= 15 is 0 Å². The molecule has 2 heteroatoms. The molecule has 0 saturated heterocycles. The molecule has 13 aromatic rings. The summed E-state index contributed by atoms with van der Waals surface area (Å²) >= 11 is 0. The van der Waals surface area contributed by atoms with Crippen molar-refractivity contribution in [2.45, 2.75) is 0 Å². The van der Waals surface area contributed by atoms with Crippen molar-refractivity contribution in [3.05, 3.63) is 267 Å². The minimum Gasteiger partial charge on any atom is -0.310 e. The Morgan fingerprint density at radius 2 is 0.691 bits per heavy atom. The van der Waals surface area contributed by atoms with Gasteiger partial charge in [0.1, 0.15) is 0 Å². The van der Waals surface area contributed by atoms with Gasteiger partial charge in [0.15, 0.2) is 0 Å². The molecule has 318 valence electrons. The number of hydrogen-bond donors (Lipinski definition) is 0. The Hall–Kier alpha value is -8.98. The normalized spacial score (nSPS) is 11.5. The quantitative estimate of drug-likeness (QED) is 0.148. The van der Waals surface area contributed by atoms with Crippen molar-refractivity contribution in [3.8, 4) is 50.2 Å². The number of benzene rings is 12. The molecule has 68 heavy (non-hydrogen) atoms. The molecule has 0 bridgehead atoms. The molecule has 0 aliphatic heterocycles. The van der Waals surface area contributed by atoms with Gasteiger partial charge in [-0.3, -0.25) is 0 Å². The first kappa shape index (κ1) is 39.4. The molecule has 0 N–H and O–H groups in total. The molecule has 0 aliphatic rings. The molecule has 13 rings (SSSR count). The first-order valence-electron chi connectivity index (χ1n) is 23.4. The van der Waals surface area contributed by atoms with Crippen LogP contribution >= 0.6 is 0 Å². The molecule has 12 aromatic carbocycles. The smallest absolute Gasteiger partial charge is 0.0541 e. The molecule has 1 heterocycles. The zero-order chi connectivity index (χ0) is 45.0. The Balaban J connectivity index is 0.987. The summed E-state index contributed by atoms with van der Waals surface area (Å²) in [7, 11) is 0. The van der Waals surface area contributed by atoms with Crippen LogP contribution in [-0.4, -0.2) is 4.57 Å². The van der Waals surface area contributed by atoms with E-state index in [0.29, 0.717) is 0 Å². The third-order valence-electron chi connectivity index (χ3n) is 13.8. The maximum Gasteiger partial charge on any atom is 0.0541 e. The van der Waals surface area contributed by atoms with E-state index in [2.05, 4.69) is 276 Å². The molecule has 0 atom stereocenters. The predicted molar refractivity (Wildman–Crippen MR) is 290 cm³/mol. The van der Waals surface area contributed by atoms with Gasteiger partial charge in [0.2, 0.25) is 0 Å². The van der Waals surface area contributed by atoms with Crippen molar-refractivity contribution in [1.82, 2.24) is 4.57 Å². The zero-order valence-electron chi connectivity index (χ0n) is 37.3. The SMILES string of the molecule is c1cc(-c2ccc(N(c3ccc(-c4cccc5ccccc45)cc3)c3ccc(-c4cccc5ccccc45)cc3)cc2-c2ccc3ccccc3c2)cc(-n2c3ccccc3c3ccccc32)c1. The second-order valence-electron chi connectivity index (χ2n) is 17.7. The highest BCUT2D eigenvalue weighted by molar-refractivity contribution is 6.09. The van der Waals surface area contributed by atoms with Crippen molar-refractivity contribution in [1.29, 1.82) is 0 Å². The van der Waals surface area contributed by atoms with Crippen molar-refractivity contribution in [2.75, 3.05) is 4.90 Å². The van der Waals surface area contributed by atoms with E-state index in [1.807, 2.05) is 0 Å². The summed E-state index contributed by atoms with van der Waals surface area (Å²) < 4.78 is 2.41. The number of para-hydroxylation sites is 2. The summed E-state index contributed by atoms with van der Waals surface area (Å²) in [5, 5.41) is 9.93. The first-order valence-corrected chi connectivity index (χ1v) is 23.4. The van der Waals surface area contributed by atoms with Crippen LogP contribution in [0.1, 0.15) is 0 Å². The van der Waals surface area contributed by atoms with Crippen LogP contribution in [0.5, 0.6) is 0 Å². The highest BCUT2D eigenvalue weighted by Gasteiger charge is 2.19. The molecule has 0 unspecified atom stereocenters. The summed E-state index contributed by atoms with van der Waals surface area (Å²) in [5.41, 5.74) is 16.3. The van der Waals surface area contributed by atoms with Crippen molar-refractivity contribution >= 4 is 71.2 Å². The maximum atomic E-state index is 2.41. The van der Waals surface area contributed by atoms with E-state index in [4.69, 9.17) is 0 Å². The third-order valence-corrected chi connectivity index (χ3v) is 13.8. The fourth-order valence-corrected chi connectivity index (χ4v) is 10.5. The van der Waals surface area contributed by atoms with Gasteiger partial charge in [-0.2, -0.15) is 0 Å². The average molecular weight is 865 g/mol. The lowest BCUT2D eigenvalue weighted by Crippen LogP contribution is -2.10. The van der Waals surface area contributed by atoms with Gasteiger partial charge in [-0.05, 0) is 144 Å². The highest BCUT2D eigenvalue weighted by atomic mass is 15.1.